The van der Waals surface area contributed by atoms with Crippen LogP contribution < -0.4 is 0 Å². The van der Waals surface area contributed by atoms with Gasteiger partial charge in [0.2, 0.25) is 6.41 Å². The summed E-state index contributed by atoms with van der Waals surface area (Å²) in [6, 6.07) is 3.60. The van der Waals surface area contributed by atoms with Gasteiger partial charge in [-0.3, -0.25) is 4.90 Å². The number of halogens is 2. The zero-order valence-electron chi connectivity index (χ0n) is 14.2. The van der Waals surface area contributed by atoms with Gasteiger partial charge in [0, 0.05) is 28.3 Å². The molecule has 23 heavy (non-hydrogen) atoms. The van der Waals surface area contributed by atoms with E-state index >= 15 is 0 Å². The second-order valence-corrected chi connectivity index (χ2v) is 5.58. The van der Waals surface area contributed by atoms with Gasteiger partial charge in [-0.15, -0.1) is 0 Å². The van der Waals surface area contributed by atoms with Crippen molar-refractivity contribution in [3.05, 3.63) is 33.7 Å². The highest BCUT2D eigenvalue weighted by Crippen LogP contribution is 2.22. The van der Waals surface area contributed by atoms with Crippen LogP contribution in [0.3, 0.4) is 0 Å². The number of hydrogen-bond acceptors (Lipinski definition) is 6. The Morgan fingerprint density at radius 3 is 2.13 bits per heavy atom. The fourth-order valence-electron chi connectivity index (χ4n) is 1.49. The minimum atomic E-state index is -0.213. The Hall–Kier alpha value is -1.36. The molecule has 0 radical (unpaired) electrons. The Morgan fingerprint density at radius 1 is 1.22 bits per heavy atom. The van der Waals surface area contributed by atoms with E-state index in [0.717, 1.165) is 0 Å². The number of rotatable bonds is 5. The summed E-state index contributed by atoms with van der Waals surface area (Å²) in [6.45, 7) is 0. The third-order valence-corrected chi connectivity index (χ3v) is 2.93. The van der Waals surface area contributed by atoms with Gasteiger partial charge in [-0.1, -0.05) is 23.2 Å². The zero-order chi connectivity index (χ0) is 18.0. The van der Waals surface area contributed by atoms with E-state index < -0.39 is 0 Å². The summed E-state index contributed by atoms with van der Waals surface area (Å²) in [5, 5.41) is 9.29. The van der Waals surface area contributed by atoms with Crippen molar-refractivity contribution < 1.29 is 9.47 Å². The van der Waals surface area contributed by atoms with Gasteiger partial charge in [0.05, 0.1) is 5.56 Å². The second kappa shape index (κ2) is 11.2. The van der Waals surface area contributed by atoms with Crippen LogP contribution in [-0.2, 0) is 9.47 Å². The molecular formula is C15H22Cl2N4O2. The number of nitrogens with zero attached hydrogens (tertiary/aromatic N) is 4. The van der Waals surface area contributed by atoms with Crippen molar-refractivity contribution in [2.24, 2.45) is 0 Å². The largest absolute Gasteiger partial charge is 0.383 e. The van der Waals surface area contributed by atoms with Gasteiger partial charge in [0.1, 0.15) is 16.4 Å². The lowest BCUT2D eigenvalue weighted by Gasteiger charge is -2.19. The Labute approximate surface area is 147 Å². The summed E-state index contributed by atoms with van der Waals surface area (Å²) < 4.78 is 9.73. The van der Waals surface area contributed by atoms with Crippen LogP contribution in [0.15, 0.2) is 12.3 Å². The Morgan fingerprint density at radius 2 is 1.78 bits per heavy atom. The van der Waals surface area contributed by atoms with E-state index in [9.17, 15) is 0 Å². The molecule has 0 bridgehead atoms. The summed E-state index contributed by atoms with van der Waals surface area (Å²) in [5.74, 6) is 0. The van der Waals surface area contributed by atoms with Crippen LogP contribution in [0.5, 0.6) is 0 Å². The first-order valence-electron chi connectivity index (χ1n) is 6.59. The van der Waals surface area contributed by atoms with E-state index in [1.807, 2.05) is 50.3 Å². The fourth-order valence-corrected chi connectivity index (χ4v) is 1.98. The maximum Gasteiger partial charge on any atom is 0.217 e. The molecule has 128 valence electrons. The number of pyridine rings is 1. The third kappa shape index (κ3) is 8.16. The van der Waals surface area contributed by atoms with Crippen molar-refractivity contribution in [1.82, 2.24) is 14.8 Å². The van der Waals surface area contributed by atoms with Crippen LogP contribution in [0.1, 0.15) is 11.1 Å². The Balaban J connectivity index is 0.000000515. The van der Waals surface area contributed by atoms with Gasteiger partial charge in [-0.25, -0.2) is 4.98 Å². The van der Waals surface area contributed by atoms with Crippen molar-refractivity contribution in [3.8, 4) is 6.07 Å². The molecule has 0 spiro atoms. The number of nitriles is 1. The average molecular weight is 361 g/mol. The molecule has 1 rings (SSSR count). The second-order valence-electron chi connectivity index (χ2n) is 4.83. The molecule has 0 saturated carbocycles. The van der Waals surface area contributed by atoms with Crippen LogP contribution in [0.4, 0.5) is 0 Å². The molecule has 0 saturated heterocycles. The fraction of sp³-hybridized carbons (Fsp3) is 0.467. The van der Waals surface area contributed by atoms with Crippen molar-refractivity contribution >= 4 is 29.3 Å². The quantitative estimate of drug-likeness (QED) is 0.594. The molecule has 0 aliphatic rings. The number of methoxy groups -OCH3 is 2. The highest BCUT2D eigenvalue weighted by atomic mass is 35.5. The van der Waals surface area contributed by atoms with E-state index in [-0.39, 0.29) is 16.7 Å². The van der Waals surface area contributed by atoms with Crippen LogP contribution in [-0.4, -0.2) is 63.6 Å². The number of ether oxygens (including phenoxy) is 2. The molecule has 0 atom stereocenters. The van der Waals surface area contributed by atoms with E-state index in [1.165, 1.54) is 0 Å². The SMILES string of the molecule is CN(C)C=Cc1cc(Cl)nc(Cl)c1C#N.COC(OC)N(C)C. The molecule has 0 unspecified atom stereocenters. The molecule has 0 aliphatic carbocycles. The van der Waals surface area contributed by atoms with Gasteiger partial charge in [-0.2, -0.15) is 5.26 Å². The summed E-state index contributed by atoms with van der Waals surface area (Å²) in [5.41, 5.74) is 0.996. The smallest absolute Gasteiger partial charge is 0.217 e. The van der Waals surface area contributed by atoms with Gasteiger partial charge < -0.3 is 14.4 Å². The summed E-state index contributed by atoms with van der Waals surface area (Å²) in [6.07, 6.45) is 3.36. The summed E-state index contributed by atoms with van der Waals surface area (Å²) in [4.78, 5) is 7.48. The topological polar surface area (TPSA) is 61.6 Å². The maximum absolute atomic E-state index is 8.89. The van der Waals surface area contributed by atoms with E-state index in [1.54, 1.807) is 26.4 Å². The van der Waals surface area contributed by atoms with Crippen molar-refractivity contribution in [2.75, 3.05) is 42.4 Å². The monoisotopic (exact) mass is 360 g/mol. The van der Waals surface area contributed by atoms with Crippen molar-refractivity contribution in [3.63, 3.8) is 0 Å². The van der Waals surface area contributed by atoms with E-state index in [4.69, 9.17) is 37.9 Å². The normalized spacial score (nSPS) is 10.7. The van der Waals surface area contributed by atoms with Gasteiger partial charge in [0.25, 0.3) is 0 Å². The lowest BCUT2D eigenvalue weighted by atomic mass is 10.1. The molecule has 1 aromatic rings. The predicted molar refractivity (Wildman–Crippen MR) is 93.2 cm³/mol. The lowest BCUT2D eigenvalue weighted by Crippen LogP contribution is -2.30. The number of aromatic nitrogens is 1. The standard InChI is InChI=1S/C10H9Cl2N3.C5H13NO2/c1-15(2)4-3-7-5-9(11)14-10(12)8(7)6-13;1-6(2)5(7-3)8-4/h3-5H,1-2H3;5H,1-4H3. The van der Waals surface area contributed by atoms with Gasteiger partial charge >= 0.3 is 0 Å². The molecule has 1 heterocycles. The Bertz CT molecular complexity index is 553. The molecule has 0 amide bonds. The van der Waals surface area contributed by atoms with Gasteiger partial charge in [-0.05, 0) is 38.0 Å². The molecule has 0 N–H and O–H groups in total. The first kappa shape index (κ1) is 21.6. The maximum atomic E-state index is 8.89. The molecule has 6 nitrogen and oxygen atoms in total. The van der Waals surface area contributed by atoms with Crippen LogP contribution in [0.25, 0.3) is 6.08 Å². The third-order valence-electron chi connectivity index (χ3n) is 2.46. The minimum Gasteiger partial charge on any atom is -0.383 e. The van der Waals surface area contributed by atoms with Crippen molar-refractivity contribution in [2.45, 2.75) is 6.41 Å². The Kier molecular flexibility index (Phi) is 10.6. The predicted octanol–water partition coefficient (Wildman–Crippen LogP) is 2.92. The minimum absolute atomic E-state index is 0.128. The molecule has 0 fully saturated rings. The number of hydrogen-bond donors (Lipinski definition) is 0. The first-order chi connectivity index (χ1) is 10.8. The molecule has 8 heteroatoms. The van der Waals surface area contributed by atoms with Crippen LogP contribution in [0.2, 0.25) is 10.3 Å². The van der Waals surface area contributed by atoms with E-state index in [2.05, 4.69) is 4.98 Å². The summed E-state index contributed by atoms with van der Waals surface area (Å²) in [7, 11) is 10.7. The van der Waals surface area contributed by atoms with Crippen LogP contribution >= 0.6 is 23.2 Å². The van der Waals surface area contributed by atoms with E-state index in [0.29, 0.717) is 11.1 Å². The molecular weight excluding hydrogens is 339 g/mol. The average Bonchev–Trinajstić information content (AvgIpc) is 2.46. The highest BCUT2D eigenvalue weighted by molar-refractivity contribution is 6.33. The summed E-state index contributed by atoms with van der Waals surface area (Å²) >= 11 is 11.5. The molecule has 0 aliphatic heterocycles. The lowest BCUT2D eigenvalue weighted by molar-refractivity contribution is -0.179. The zero-order valence-corrected chi connectivity index (χ0v) is 15.7. The van der Waals surface area contributed by atoms with Crippen LogP contribution in [0, 0.1) is 11.3 Å². The molecule has 0 aromatic carbocycles. The first-order valence-corrected chi connectivity index (χ1v) is 7.35. The molecule has 1 aromatic heterocycles. The van der Waals surface area contributed by atoms with Crippen molar-refractivity contribution in [1.29, 1.82) is 5.26 Å². The van der Waals surface area contributed by atoms with Gasteiger partial charge in [0.15, 0.2) is 0 Å². The highest BCUT2D eigenvalue weighted by Gasteiger charge is 2.07.